The van der Waals surface area contributed by atoms with Crippen LogP contribution in [-0.2, 0) is 24.0 Å². The molecular formula is C19H36N6O7. The van der Waals surface area contributed by atoms with Crippen molar-refractivity contribution in [2.45, 2.75) is 70.1 Å². The van der Waals surface area contributed by atoms with Crippen LogP contribution in [0, 0.1) is 5.92 Å². The second-order valence-corrected chi connectivity index (χ2v) is 7.76. The number of carbonyl (C=O) groups is 5. The van der Waals surface area contributed by atoms with Crippen molar-refractivity contribution in [3.8, 4) is 0 Å². The summed E-state index contributed by atoms with van der Waals surface area (Å²) in [4.78, 5) is 59.8. The van der Waals surface area contributed by atoms with E-state index in [1.54, 1.807) is 13.8 Å². The smallest absolute Gasteiger partial charge is 0.326 e. The molecule has 0 aromatic heterocycles. The zero-order valence-corrected chi connectivity index (χ0v) is 18.5. The second-order valence-electron chi connectivity index (χ2n) is 7.76. The van der Waals surface area contributed by atoms with Crippen LogP contribution in [0.1, 0.15) is 46.0 Å². The lowest BCUT2D eigenvalue weighted by Crippen LogP contribution is -2.58. The van der Waals surface area contributed by atoms with Crippen LogP contribution in [0.4, 0.5) is 0 Å². The molecular weight excluding hydrogens is 424 g/mol. The van der Waals surface area contributed by atoms with Crippen molar-refractivity contribution in [2.24, 2.45) is 23.1 Å². The molecule has 4 atom stereocenters. The maximum atomic E-state index is 12.6. The monoisotopic (exact) mass is 460 g/mol. The molecule has 0 rings (SSSR count). The van der Waals surface area contributed by atoms with Crippen molar-refractivity contribution < 1.29 is 34.2 Å². The van der Waals surface area contributed by atoms with Crippen molar-refractivity contribution >= 4 is 29.6 Å². The lowest BCUT2D eigenvalue weighted by atomic mass is 10.0. The fourth-order valence-electron chi connectivity index (χ4n) is 2.62. The number of aliphatic hydroxyl groups excluding tert-OH is 1. The molecule has 0 aliphatic carbocycles. The minimum absolute atomic E-state index is 0.120. The Balaban J connectivity index is 5.24. The van der Waals surface area contributed by atoms with Gasteiger partial charge in [0.2, 0.25) is 23.6 Å². The van der Waals surface area contributed by atoms with Crippen LogP contribution in [0.2, 0.25) is 0 Å². The first-order chi connectivity index (χ1) is 14.9. The number of hydrogen-bond acceptors (Lipinski definition) is 8. The first kappa shape index (κ1) is 29.2. The lowest BCUT2D eigenvalue weighted by Gasteiger charge is -2.24. The van der Waals surface area contributed by atoms with E-state index >= 15 is 0 Å². The van der Waals surface area contributed by atoms with E-state index < -0.39 is 60.4 Å². The number of hydrogen-bond donors (Lipinski definition) is 8. The summed E-state index contributed by atoms with van der Waals surface area (Å²) >= 11 is 0. The molecule has 0 aromatic rings. The van der Waals surface area contributed by atoms with Gasteiger partial charge in [-0.1, -0.05) is 13.8 Å². The Bertz CT molecular complexity index is 658. The Morgan fingerprint density at radius 3 is 1.84 bits per heavy atom. The number of nitrogens with two attached hydrogens (primary N) is 3. The largest absolute Gasteiger partial charge is 0.480 e. The third-order valence-electron chi connectivity index (χ3n) is 4.71. The molecule has 11 N–H and O–H groups in total. The molecule has 4 unspecified atom stereocenters. The van der Waals surface area contributed by atoms with E-state index in [4.69, 9.17) is 17.2 Å². The second kappa shape index (κ2) is 15.1. The summed E-state index contributed by atoms with van der Waals surface area (Å²) in [5, 5.41) is 25.7. The third-order valence-corrected chi connectivity index (χ3v) is 4.71. The van der Waals surface area contributed by atoms with Crippen molar-refractivity contribution in [3.63, 3.8) is 0 Å². The van der Waals surface area contributed by atoms with Gasteiger partial charge in [0, 0.05) is 6.42 Å². The summed E-state index contributed by atoms with van der Waals surface area (Å²) in [5.41, 5.74) is 16.3. The molecule has 0 saturated heterocycles. The lowest BCUT2D eigenvalue weighted by molar-refractivity contribution is -0.142. The standard InChI is InChI=1S/C19H36N6O7/c1-10(2)15(22)18(30)23-11(6-7-14(21)27)16(28)25-13(9-26)17(29)24-12(19(31)32)5-3-4-8-20/h10-13,15,26H,3-9,20,22H2,1-2H3,(H2,21,27)(H,23,30)(H,24,29)(H,25,28)(H,31,32). The van der Waals surface area contributed by atoms with Gasteiger partial charge in [-0.05, 0) is 38.1 Å². The molecule has 0 aliphatic rings. The van der Waals surface area contributed by atoms with Crippen molar-refractivity contribution in [1.29, 1.82) is 0 Å². The summed E-state index contributed by atoms with van der Waals surface area (Å²) in [6.45, 7) is 2.96. The molecule has 0 aliphatic heterocycles. The maximum Gasteiger partial charge on any atom is 0.326 e. The van der Waals surface area contributed by atoms with Crippen LogP contribution in [0.25, 0.3) is 0 Å². The summed E-state index contributed by atoms with van der Waals surface area (Å²) in [7, 11) is 0. The molecule has 0 fully saturated rings. The van der Waals surface area contributed by atoms with Gasteiger partial charge in [-0.25, -0.2) is 4.79 Å². The quantitative estimate of drug-likeness (QED) is 0.109. The van der Waals surface area contributed by atoms with Gasteiger partial charge in [-0.2, -0.15) is 0 Å². The Morgan fingerprint density at radius 1 is 0.844 bits per heavy atom. The first-order valence-corrected chi connectivity index (χ1v) is 10.4. The fourth-order valence-corrected chi connectivity index (χ4v) is 2.62. The highest BCUT2D eigenvalue weighted by Gasteiger charge is 2.30. The normalized spacial score (nSPS) is 14.7. The van der Waals surface area contributed by atoms with Gasteiger partial charge in [0.1, 0.15) is 18.1 Å². The first-order valence-electron chi connectivity index (χ1n) is 10.4. The van der Waals surface area contributed by atoms with Crippen LogP contribution < -0.4 is 33.2 Å². The molecule has 32 heavy (non-hydrogen) atoms. The number of unbranched alkanes of at least 4 members (excludes halogenated alkanes) is 1. The number of aliphatic carboxylic acids is 1. The molecule has 0 heterocycles. The molecule has 0 aromatic carbocycles. The number of nitrogens with one attached hydrogen (secondary N) is 3. The highest BCUT2D eigenvalue weighted by atomic mass is 16.4. The van der Waals surface area contributed by atoms with Crippen LogP contribution in [0.3, 0.4) is 0 Å². The van der Waals surface area contributed by atoms with E-state index in [-0.39, 0.29) is 25.2 Å². The van der Waals surface area contributed by atoms with Gasteiger partial charge in [-0.3, -0.25) is 19.2 Å². The predicted octanol–water partition coefficient (Wildman–Crippen LogP) is -3.10. The van der Waals surface area contributed by atoms with Crippen LogP contribution >= 0.6 is 0 Å². The maximum absolute atomic E-state index is 12.6. The average molecular weight is 461 g/mol. The van der Waals surface area contributed by atoms with Gasteiger partial charge >= 0.3 is 5.97 Å². The average Bonchev–Trinajstić information content (AvgIpc) is 2.72. The Hall–Kier alpha value is -2.77. The fraction of sp³-hybridized carbons (Fsp3) is 0.737. The van der Waals surface area contributed by atoms with Crippen molar-refractivity contribution in [1.82, 2.24) is 16.0 Å². The Morgan fingerprint density at radius 2 is 1.38 bits per heavy atom. The SMILES string of the molecule is CC(C)C(N)C(=O)NC(CCC(N)=O)C(=O)NC(CO)C(=O)NC(CCCCN)C(=O)O. The minimum atomic E-state index is -1.48. The minimum Gasteiger partial charge on any atom is -0.480 e. The van der Waals surface area contributed by atoms with E-state index in [0.29, 0.717) is 19.4 Å². The number of primary amides is 1. The van der Waals surface area contributed by atoms with Crippen LogP contribution in [0.5, 0.6) is 0 Å². The van der Waals surface area contributed by atoms with Gasteiger partial charge in [0.25, 0.3) is 0 Å². The number of carboxylic acids is 1. The third kappa shape index (κ3) is 11.0. The van der Waals surface area contributed by atoms with E-state index in [1.807, 2.05) is 0 Å². The molecule has 0 bridgehead atoms. The summed E-state index contributed by atoms with van der Waals surface area (Å²) < 4.78 is 0. The molecule has 0 spiro atoms. The number of amides is 4. The van der Waals surface area contributed by atoms with Gasteiger partial charge in [0.15, 0.2) is 0 Å². The number of carbonyl (C=O) groups excluding carboxylic acids is 4. The summed E-state index contributed by atoms with van der Waals surface area (Å²) in [6, 6.07) is -4.87. The van der Waals surface area contributed by atoms with E-state index in [0.717, 1.165) is 0 Å². The molecule has 13 heteroatoms. The molecule has 13 nitrogen and oxygen atoms in total. The van der Waals surface area contributed by atoms with Crippen molar-refractivity contribution in [3.05, 3.63) is 0 Å². The molecule has 4 amide bonds. The van der Waals surface area contributed by atoms with Gasteiger partial charge in [0.05, 0.1) is 12.6 Å². The Kier molecular flexibility index (Phi) is 13.8. The summed E-state index contributed by atoms with van der Waals surface area (Å²) in [5.74, 6) is -4.62. The van der Waals surface area contributed by atoms with Gasteiger partial charge < -0.3 is 43.4 Å². The van der Waals surface area contributed by atoms with Crippen molar-refractivity contribution in [2.75, 3.05) is 13.2 Å². The predicted molar refractivity (Wildman–Crippen MR) is 115 cm³/mol. The highest BCUT2D eigenvalue weighted by Crippen LogP contribution is 2.04. The molecule has 0 saturated carbocycles. The number of rotatable bonds is 16. The number of carboxylic acid groups (broad SMARTS) is 1. The van der Waals surface area contributed by atoms with E-state index in [1.165, 1.54) is 0 Å². The zero-order valence-electron chi connectivity index (χ0n) is 18.5. The molecule has 184 valence electrons. The molecule has 0 radical (unpaired) electrons. The van der Waals surface area contributed by atoms with Crippen LogP contribution in [0.15, 0.2) is 0 Å². The topological polar surface area (TPSA) is 240 Å². The van der Waals surface area contributed by atoms with Gasteiger partial charge in [-0.15, -0.1) is 0 Å². The highest BCUT2D eigenvalue weighted by molar-refractivity contribution is 5.94. The summed E-state index contributed by atoms with van der Waals surface area (Å²) in [6.07, 6.45) is 0.761. The number of aliphatic hydroxyl groups is 1. The van der Waals surface area contributed by atoms with E-state index in [9.17, 15) is 34.2 Å². The van der Waals surface area contributed by atoms with E-state index in [2.05, 4.69) is 16.0 Å². The van der Waals surface area contributed by atoms with Crippen LogP contribution in [-0.4, -0.2) is 77.1 Å². The Labute approximate surface area is 186 Å². The zero-order chi connectivity index (χ0) is 24.8.